The Morgan fingerprint density at radius 3 is 2.95 bits per heavy atom. The van der Waals surface area contributed by atoms with Crippen molar-refractivity contribution >= 4 is 5.82 Å². The third kappa shape index (κ3) is 4.97. The predicted octanol–water partition coefficient (Wildman–Crippen LogP) is 2.75. The van der Waals surface area contributed by atoms with Gasteiger partial charge in [-0.25, -0.2) is 4.98 Å². The Morgan fingerprint density at radius 1 is 1.43 bits per heavy atom. The molecule has 1 unspecified atom stereocenters. The molecular formula is C17H29N3O. The molecule has 1 aliphatic heterocycles. The topological polar surface area (TPSA) is 37.4 Å². The maximum Gasteiger partial charge on any atom is 0.129 e. The number of ether oxygens (including phenoxy) is 1. The summed E-state index contributed by atoms with van der Waals surface area (Å²) in [5, 5.41) is 3.51. The van der Waals surface area contributed by atoms with E-state index < -0.39 is 0 Å². The lowest BCUT2D eigenvalue weighted by Crippen LogP contribution is -2.42. The molecule has 118 valence electrons. The summed E-state index contributed by atoms with van der Waals surface area (Å²) in [6, 6.07) is 4.40. The highest BCUT2D eigenvalue weighted by Crippen LogP contribution is 2.19. The molecule has 1 aliphatic rings. The first-order chi connectivity index (χ1) is 10.1. The van der Waals surface area contributed by atoms with Gasteiger partial charge in [-0.3, -0.25) is 0 Å². The zero-order valence-corrected chi connectivity index (χ0v) is 13.9. The minimum Gasteiger partial charge on any atom is -0.375 e. The second-order valence-corrected chi connectivity index (χ2v) is 6.35. The van der Waals surface area contributed by atoms with Crippen molar-refractivity contribution in [3.8, 4) is 0 Å². The fraction of sp³-hybridized carbons (Fsp3) is 0.706. The summed E-state index contributed by atoms with van der Waals surface area (Å²) < 4.78 is 5.75. The van der Waals surface area contributed by atoms with Crippen molar-refractivity contribution in [1.29, 1.82) is 0 Å². The van der Waals surface area contributed by atoms with Crippen LogP contribution in [0.2, 0.25) is 0 Å². The van der Waals surface area contributed by atoms with Crippen molar-refractivity contribution in [2.45, 2.75) is 46.8 Å². The highest BCUT2D eigenvalue weighted by molar-refractivity contribution is 5.43. The van der Waals surface area contributed by atoms with Crippen LogP contribution in [0, 0.1) is 12.8 Å². The van der Waals surface area contributed by atoms with Crippen molar-refractivity contribution in [2.24, 2.45) is 5.92 Å². The van der Waals surface area contributed by atoms with Crippen LogP contribution >= 0.6 is 0 Å². The number of anilines is 1. The number of aromatic nitrogens is 1. The van der Waals surface area contributed by atoms with Gasteiger partial charge in [0.2, 0.25) is 0 Å². The van der Waals surface area contributed by atoms with Crippen LogP contribution in [0.4, 0.5) is 5.82 Å². The average molecular weight is 291 g/mol. The Bertz CT molecular complexity index is 448. The fourth-order valence-electron chi connectivity index (χ4n) is 2.66. The van der Waals surface area contributed by atoms with Crippen LogP contribution in [-0.4, -0.2) is 37.3 Å². The number of nitrogens with one attached hydrogen (secondary N) is 1. The van der Waals surface area contributed by atoms with E-state index >= 15 is 0 Å². The largest absolute Gasteiger partial charge is 0.375 e. The third-order valence-electron chi connectivity index (χ3n) is 3.80. The van der Waals surface area contributed by atoms with Crippen molar-refractivity contribution in [3.63, 3.8) is 0 Å². The Balaban J connectivity index is 2.03. The van der Waals surface area contributed by atoms with E-state index in [1.807, 2.05) is 0 Å². The minimum atomic E-state index is 0.337. The van der Waals surface area contributed by atoms with Crippen LogP contribution in [0.5, 0.6) is 0 Å². The van der Waals surface area contributed by atoms with E-state index in [-0.39, 0.29) is 0 Å². The van der Waals surface area contributed by atoms with Gasteiger partial charge < -0.3 is 15.0 Å². The van der Waals surface area contributed by atoms with Crippen molar-refractivity contribution in [3.05, 3.63) is 23.4 Å². The lowest BCUT2D eigenvalue weighted by atomic mass is 10.1. The molecule has 1 aromatic heterocycles. The third-order valence-corrected chi connectivity index (χ3v) is 3.80. The van der Waals surface area contributed by atoms with Gasteiger partial charge in [0, 0.05) is 25.3 Å². The number of pyridine rings is 1. The molecule has 2 rings (SSSR count). The van der Waals surface area contributed by atoms with Crippen LogP contribution in [0.1, 0.15) is 38.4 Å². The van der Waals surface area contributed by atoms with Gasteiger partial charge in [0.1, 0.15) is 5.82 Å². The summed E-state index contributed by atoms with van der Waals surface area (Å²) in [7, 11) is 0. The maximum atomic E-state index is 5.75. The fourth-order valence-corrected chi connectivity index (χ4v) is 2.66. The molecule has 0 spiro atoms. The highest BCUT2D eigenvalue weighted by atomic mass is 16.5. The zero-order valence-electron chi connectivity index (χ0n) is 13.9. The lowest BCUT2D eigenvalue weighted by Gasteiger charge is -2.33. The Labute approximate surface area is 128 Å². The standard InChI is InChI=1S/C17H29N3O/c1-5-16-12-20(6-7-21-16)17-9-15(8-14(4)19-17)11-18-10-13(2)3/h8-9,13,16,18H,5-7,10-12H2,1-4H3. The number of rotatable bonds is 6. The second kappa shape index (κ2) is 7.76. The molecule has 1 saturated heterocycles. The molecule has 1 aromatic rings. The van der Waals surface area contributed by atoms with Gasteiger partial charge in [-0.2, -0.15) is 0 Å². The van der Waals surface area contributed by atoms with Gasteiger partial charge in [0.05, 0.1) is 12.7 Å². The van der Waals surface area contributed by atoms with Crippen LogP contribution in [0.3, 0.4) is 0 Å². The summed E-state index contributed by atoms with van der Waals surface area (Å²) in [6.07, 6.45) is 1.40. The van der Waals surface area contributed by atoms with E-state index in [2.05, 4.69) is 50.0 Å². The number of nitrogens with zero attached hydrogens (tertiary/aromatic N) is 2. The number of hydrogen-bond donors (Lipinski definition) is 1. The molecule has 0 aromatic carbocycles. The molecular weight excluding hydrogens is 262 g/mol. The first-order valence-corrected chi connectivity index (χ1v) is 8.13. The molecule has 1 fully saturated rings. The Kier molecular flexibility index (Phi) is 6.00. The summed E-state index contributed by atoms with van der Waals surface area (Å²) in [5.41, 5.74) is 2.41. The molecule has 0 saturated carbocycles. The summed E-state index contributed by atoms with van der Waals surface area (Å²) in [5.74, 6) is 1.77. The average Bonchev–Trinajstić information content (AvgIpc) is 2.46. The molecule has 4 heteroatoms. The monoisotopic (exact) mass is 291 g/mol. The smallest absolute Gasteiger partial charge is 0.129 e. The van der Waals surface area contributed by atoms with Crippen molar-refractivity contribution in [2.75, 3.05) is 31.1 Å². The van der Waals surface area contributed by atoms with Crippen molar-refractivity contribution < 1.29 is 4.74 Å². The predicted molar refractivity (Wildman–Crippen MR) is 87.8 cm³/mol. The van der Waals surface area contributed by atoms with E-state index in [4.69, 9.17) is 9.72 Å². The van der Waals surface area contributed by atoms with E-state index in [0.717, 1.165) is 50.7 Å². The molecule has 0 aliphatic carbocycles. The Hall–Kier alpha value is -1.13. The molecule has 2 heterocycles. The molecule has 21 heavy (non-hydrogen) atoms. The van der Waals surface area contributed by atoms with Gasteiger partial charge in [-0.15, -0.1) is 0 Å². The zero-order chi connectivity index (χ0) is 15.2. The summed E-state index contributed by atoms with van der Waals surface area (Å²) in [4.78, 5) is 7.07. The molecule has 1 atom stereocenters. The van der Waals surface area contributed by atoms with Crippen LogP contribution in [-0.2, 0) is 11.3 Å². The van der Waals surface area contributed by atoms with Crippen LogP contribution in [0.15, 0.2) is 12.1 Å². The number of hydrogen-bond acceptors (Lipinski definition) is 4. The number of aryl methyl sites for hydroxylation is 1. The minimum absolute atomic E-state index is 0.337. The van der Waals surface area contributed by atoms with Gasteiger partial charge in [0.25, 0.3) is 0 Å². The molecule has 0 bridgehead atoms. The summed E-state index contributed by atoms with van der Waals surface area (Å²) >= 11 is 0. The van der Waals surface area contributed by atoms with E-state index in [9.17, 15) is 0 Å². The van der Waals surface area contributed by atoms with E-state index in [0.29, 0.717) is 12.0 Å². The SMILES string of the molecule is CCC1CN(c2cc(CNCC(C)C)cc(C)n2)CCO1. The normalized spacial score (nSPS) is 19.3. The molecule has 0 amide bonds. The van der Waals surface area contributed by atoms with Gasteiger partial charge in [-0.05, 0) is 43.5 Å². The highest BCUT2D eigenvalue weighted by Gasteiger charge is 2.20. The van der Waals surface area contributed by atoms with Gasteiger partial charge in [0.15, 0.2) is 0 Å². The number of morpholine rings is 1. The Morgan fingerprint density at radius 2 is 2.24 bits per heavy atom. The van der Waals surface area contributed by atoms with E-state index in [1.165, 1.54) is 5.56 Å². The first kappa shape index (κ1) is 16.2. The molecule has 4 nitrogen and oxygen atoms in total. The van der Waals surface area contributed by atoms with Crippen molar-refractivity contribution in [1.82, 2.24) is 10.3 Å². The maximum absolute atomic E-state index is 5.75. The van der Waals surface area contributed by atoms with Crippen LogP contribution < -0.4 is 10.2 Å². The van der Waals surface area contributed by atoms with Gasteiger partial charge in [-0.1, -0.05) is 20.8 Å². The summed E-state index contributed by atoms with van der Waals surface area (Å²) in [6.45, 7) is 13.4. The lowest BCUT2D eigenvalue weighted by molar-refractivity contribution is 0.0381. The molecule has 1 N–H and O–H groups in total. The first-order valence-electron chi connectivity index (χ1n) is 8.13. The quantitative estimate of drug-likeness (QED) is 0.874. The van der Waals surface area contributed by atoms with Crippen LogP contribution in [0.25, 0.3) is 0 Å². The van der Waals surface area contributed by atoms with E-state index in [1.54, 1.807) is 0 Å². The molecule has 0 radical (unpaired) electrons. The van der Waals surface area contributed by atoms with Gasteiger partial charge >= 0.3 is 0 Å². The second-order valence-electron chi connectivity index (χ2n) is 6.35.